The third-order valence-corrected chi connectivity index (χ3v) is 7.46. The average molecular weight is 487 g/mol. The number of para-hydroxylation sites is 1. The van der Waals surface area contributed by atoms with Crippen molar-refractivity contribution in [2.45, 2.75) is 31.6 Å². The summed E-state index contributed by atoms with van der Waals surface area (Å²) >= 11 is 3.05. The fraction of sp³-hybridized carbons (Fsp3) is 0.160. The van der Waals surface area contributed by atoms with Crippen molar-refractivity contribution in [3.63, 3.8) is 0 Å². The van der Waals surface area contributed by atoms with Crippen LogP contribution in [-0.4, -0.2) is 30.6 Å². The molecule has 34 heavy (non-hydrogen) atoms. The van der Waals surface area contributed by atoms with Gasteiger partial charge in [0, 0.05) is 18.1 Å². The third-order valence-electron chi connectivity index (χ3n) is 5.55. The Bertz CT molecular complexity index is 1480. The number of thiazole rings is 1. The molecule has 0 fully saturated rings. The van der Waals surface area contributed by atoms with Crippen LogP contribution in [0.25, 0.3) is 16.7 Å². The van der Waals surface area contributed by atoms with Crippen LogP contribution in [0, 0.1) is 13.8 Å². The lowest BCUT2D eigenvalue weighted by Gasteiger charge is -2.21. The predicted molar refractivity (Wildman–Crippen MR) is 137 cm³/mol. The molecule has 5 rings (SSSR count). The van der Waals surface area contributed by atoms with E-state index >= 15 is 0 Å². The number of hydrogen-bond donors (Lipinski definition) is 0. The van der Waals surface area contributed by atoms with Crippen molar-refractivity contribution in [2.75, 3.05) is 4.90 Å². The van der Waals surface area contributed by atoms with Crippen molar-refractivity contribution < 1.29 is 4.79 Å². The highest BCUT2D eigenvalue weighted by molar-refractivity contribution is 7.98. The molecule has 0 radical (unpaired) electrons. The minimum Gasteiger partial charge on any atom is -0.274 e. The topological polar surface area (TPSA) is 76.8 Å². The Morgan fingerprint density at radius 3 is 2.71 bits per heavy atom. The standard InChI is InChI=1S/C25H22N6OS2/c1-16-8-7-11-22(17(16)2)30(18(3)32)25-29-19(14-34-25)13-33-24-21-12-28-31(23(21)26-15-27-24)20-9-5-4-6-10-20/h4-12,14-15H,13H2,1-3H3. The molecule has 3 aromatic heterocycles. The number of carbonyl (C=O) groups excluding carboxylic acids is 1. The summed E-state index contributed by atoms with van der Waals surface area (Å²) in [6.07, 6.45) is 3.37. The number of amides is 1. The van der Waals surface area contributed by atoms with Gasteiger partial charge in [-0.1, -0.05) is 42.1 Å². The zero-order valence-electron chi connectivity index (χ0n) is 19.0. The number of thioether (sulfide) groups is 1. The first-order chi connectivity index (χ1) is 16.5. The minimum atomic E-state index is -0.0620. The molecule has 1 amide bonds. The van der Waals surface area contributed by atoms with Crippen molar-refractivity contribution >= 4 is 50.9 Å². The molecule has 5 aromatic rings. The van der Waals surface area contributed by atoms with Gasteiger partial charge in [0.2, 0.25) is 5.91 Å². The highest BCUT2D eigenvalue weighted by Gasteiger charge is 2.20. The summed E-state index contributed by atoms with van der Waals surface area (Å²) in [6, 6.07) is 15.9. The second-order valence-corrected chi connectivity index (χ2v) is 9.59. The number of aryl methyl sites for hydroxylation is 1. The van der Waals surface area contributed by atoms with E-state index in [9.17, 15) is 4.79 Å². The van der Waals surface area contributed by atoms with Gasteiger partial charge < -0.3 is 0 Å². The fourth-order valence-corrected chi connectivity index (χ4v) is 5.53. The normalized spacial score (nSPS) is 11.1. The van der Waals surface area contributed by atoms with E-state index in [1.54, 1.807) is 36.1 Å². The Hall–Kier alpha value is -3.56. The summed E-state index contributed by atoms with van der Waals surface area (Å²) in [5, 5.41) is 8.93. The SMILES string of the molecule is CC(=O)N(c1nc(CSc2ncnc3c2cnn3-c2ccccc2)cs1)c1cccc(C)c1C. The second kappa shape index (κ2) is 9.36. The van der Waals surface area contributed by atoms with E-state index < -0.39 is 0 Å². The lowest BCUT2D eigenvalue weighted by atomic mass is 10.1. The second-order valence-electron chi connectivity index (χ2n) is 7.79. The van der Waals surface area contributed by atoms with Crippen LogP contribution in [-0.2, 0) is 10.5 Å². The Labute approximate surface area is 205 Å². The third kappa shape index (κ3) is 4.20. The van der Waals surface area contributed by atoms with Crippen LogP contribution in [0.5, 0.6) is 0 Å². The van der Waals surface area contributed by atoms with E-state index in [4.69, 9.17) is 4.98 Å². The van der Waals surface area contributed by atoms with Crippen LogP contribution in [0.15, 0.2) is 71.5 Å². The lowest BCUT2D eigenvalue weighted by molar-refractivity contribution is -0.115. The van der Waals surface area contributed by atoms with Crippen LogP contribution in [0.3, 0.4) is 0 Å². The largest absolute Gasteiger partial charge is 0.274 e. The summed E-state index contributed by atoms with van der Waals surface area (Å²) in [6.45, 7) is 5.64. The van der Waals surface area contributed by atoms with Crippen LogP contribution in [0.2, 0.25) is 0 Å². The molecule has 0 N–H and O–H groups in total. The van der Waals surface area contributed by atoms with Gasteiger partial charge in [0.25, 0.3) is 0 Å². The molecule has 0 aliphatic heterocycles. The molecule has 0 spiro atoms. The summed E-state index contributed by atoms with van der Waals surface area (Å²) in [5.74, 6) is 0.561. The number of carbonyl (C=O) groups is 1. The molecular formula is C25H22N6OS2. The van der Waals surface area contributed by atoms with Gasteiger partial charge in [-0.15, -0.1) is 11.3 Å². The van der Waals surface area contributed by atoms with Gasteiger partial charge in [-0.3, -0.25) is 9.69 Å². The number of nitrogens with zero attached hydrogens (tertiary/aromatic N) is 6. The molecule has 9 heteroatoms. The molecule has 2 aromatic carbocycles. The monoisotopic (exact) mass is 486 g/mol. The first-order valence-corrected chi connectivity index (χ1v) is 12.6. The molecule has 7 nitrogen and oxygen atoms in total. The molecule has 0 saturated heterocycles. The highest BCUT2D eigenvalue weighted by atomic mass is 32.2. The van der Waals surface area contributed by atoms with Crippen molar-refractivity contribution in [2.24, 2.45) is 0 Å². The van der Waals surface area contributed by atoms with E-state index in [1.165, 1.54) is 11.3 Å². The maximum atomic E-state index is 12.5. The van der Waals surface area contributed by atoms with Gasteiger partial charge in [-0.25, -0.2) is 19.6 Å². The smallest absolute Gasteiger partial charge is 0.230 e. The Kier molecular flexibility index (Phi) is 6.12. The van der Waals surface area contributed by atoms with Gasteiger partial charge in [-0.05, 0) is 43.2 Å². The minimum absolute atomic E-state index is 0.0620. The van der Waals surface area contributed by atoms with Gasteiger partial charge in [-0.2, -0.15) is 5.10 Å². The summed E-state index contributed by atoms with van der Waals surface area (Å²) in [5.41, 5.74) is 5.69. The van der Waals surface area contributed by atoms with E-state index in [0.29, 0.717) is 10.9 Å². The molecule has 0 aliphatic rings. The van der Waals surface area contributed by atoms with Gasteiger partial charge in [0.1, 0.15) is 11.4 Å². The molecule has 0 atom stereocenters. The van der Waals surface area contributed by atoms with Crippen LogP contribution in [0.4, 0.5) is 10.8 Å². The maximum Gasteiger partial charge on any atom is 0.230 e. The molecule has 0 unspecified atom stereocenters. The number of hydrogen-bond acceptors (Lipinski definition) is 7. The van der Waals surface area contributed by atoms with Crippen LogP contribution >= 0.6 is 23.1 Å². The van der Waals surface area contributed by atoms with E-state index in [1.807, 2.05) is 72.4 Å². The van der Waals surface area contributed by atoms with Gasteiger partial charge >= 0.3 is 0 Å². The highest BCUT2D eigenvalue weighted by Crippen LogP contribution is 2.34. The molecule has 0 aliphatic carbocycles. The fourth-order valence-electron chi connectivity index (χ4n) is 3.69. The average Bonchev–Trinajstić information content (AvgIpc) is 3.49. The van der Waals surface area contributed by atoms with Crippen LogP contribution in [0.1, 0.15) is 23.7 Å². The molecule has 3 heterocycles. The summed E-state index contributed by atoms with van der Waals surface area (Å²) in [7, 11) is 0. The summed E-state index contributed by atoms with van der Waals surface area (Å²) in [4.78, 5) is 27.9. The maximum absolute atomic E-state index is 12.5. The first-order valence-electron chi connectivity index (χ1n) is 10.7. The zero-order chi connectivity index (χ0) is 23.7. The van der Waals surface area contributed by atoms with Crippen molar-refractivity contribution in [3.05, 3.63) is 83.3 Å². The Balaban J connectivity index is 1.39. The zero-order valence-corrected chi connectivity index (χ0v) is 20.6. The molecule has 170 valence electrons. The number of aromatic nitrogens is 5. The number of benzene rings is 2. The Morgan fingerprint density at radius 1 is 1.09 bits per heavy atom. The van der Waals surface area contributed by atoms with Crippen LogP contribution < -0.4 is 4.90 Å². The van der Waals surface area contributed by atoms with Crippen molar-refractivity contribution in [3.8, 4) is 5.69 Å². The Morgan fingerprint density at radius 2 is 1.91 bits per heavy atom. The van der Waals surface area contributed by atoms with E-state index in [-0.39, 0.29) is 5.91 Å². The first kappa shape index (κ1) is 22.2. The van der Waals surface area contributed by atoms with E-state index in [2.05, 4.69) is 15.1 Å². The molecule has 0 saturated carbocycles. The quantitative estimate of drug-likeness (QED) is 0.221. The van der Waals surface area contributed by atoms with Gasteiger partial charge in [0.05, 0.1) is 28.7 Å². The lowest BCUT2D eigenvalue weighted by Crippen LogP contribution is -2.23. The number of fused-ring (bicyclic) bond motifs is 1. The number of anilines is 2. The van der Waals surface area contributed by atoms with Crippen molar-refractivity contribution in [1.82, 2.24) is 24.7 Å². The molecular weight excluding hydrogens is 464 g/mol. The number of rotatable bonds is 6. The van der Waals surface area contributed by atoms with Gasteiger partial charge in [0.15, 0.2) is 10.8 Å². The van der Waals surface area contributed by atoms with E-state index in [0.717, 1.165) is 44.3 Å². The summed E-state index contributed by atoms with van der Waals surface area (Å²) < 4.78 is 1.82. The molecule has 0 bridgehead atoms. The predicted octanol–water partition coefficient (Wildman–Crippen LogP) is 5.87. The van der Waals surface area contributed by atoms with Crippen molar-refractivity contribution in [1.29, 1.82) is 0 Å².